The molecule has 1 aromatic heterocycles. The minimum Gasteiger partial charge on any atom is -0.489 e. The van der Waals surface area contributed by atoms with E-state index in [1.165, 1.54) is 0 Å². The van der Waals surface area contributed by atoms with Gasteiger partial charge in [-0.2, -0.15) is 4.68 Å². The van der Waals surface area contributed by atoms with Crippen molar-refractivity contribution in [2.45, 2.75) is 19.4 Å². The third-order valence-electron chi connectivity index (χ3n) is 3.47. The molecule has 0 bridgehead atoms. The molecule has 0 unspecified atom stereocenters. The number of tetrazole rings is 1. The Balaban J connectivity index is 1.66. The molecule has 0 atom stereocenters. The van der Waals surface area contributed by atoms with Gasteiger partial charge in [-0.1, -0.05) is 30.3 Å². The number of rotatable bonds is 7. The fourth-order valence-corrected chi connectivity index (χ4v) is 2.25. The predicted molar refractivity (Wildman–Crippen MR) is 87.3 cm³/mol. The third kappa shape index (κ3) is 3.92. The first-order valence-electron chi connectivity index (χ1n) is 7.61. The van der Waals surface area contributed by atoms with Gasteiger partial charge in [0.25, 0.3) is 0 Å². The third-order valence-corrected chi connectivity index (χ3v) is 3.47. The van der Waals surface area contributed by atoms with E-state index in [0.717, 1.165) is 35.7 Å². The lowest BCUT2D eigenvalue weighted by molar-refractivity contribution is 0.306. The summed E-state index contributed by atoms with van der Waals surface area (Å²) in [6.07, 6.45) is 1.62. The topological polar surface area (TPSA) is 78.9 Å². The molecule has 2 N–H and O–H groups in total. The highest BCUT2D eigenvalue weighted by atomic mass is 16.5. The molecule has 0 fully saturated rings. The van der Waals surface area contributed by atoms with Gasteiger partial charge in [0.15, 0.2) is 5.82 Å². The number of benzene rings is 2. The van der Waals surface area contributed by atoms with E-state index in [1.807, 2.05) is 54.6 Å². The summed E-state index contributed by atoms with van der Waals surface area (Å²) in [5.41, 5.74) is 7.59. The summed E-state index contributed by atoms with van der Waals surface area (Å²) in [5, 5.41) is 11.8. The lowest BCUT2D eigenvalue weighted by atomic mass is 10.2. The molecule has 1 heterocycles. The molecule has 3 aromatic rings. The highest BCUT2D eigenvalue weighted by molar-refractivity contribution is 5.37. The molecule has 0 amide bonds. The van der Waals surface area contributed by atoms with Crippen molar-refractivity contribution in [1.29, 1.82) is 0 Å². The Morgan fingerprint density at radius 2 is 1.78 bits per heavy atom. The summed E-state index contributed by atoms with van der Waals surface area (Å²) >= 11 is 0. The van der Waals surface area contributed by atoms with Crippen molar-refractivity contribution in [3.63, 3.8) is 0 Å². The van der Waals surface area contributed by atoms with Crippen LogP contribution < -0.4 is 10.5 Å². The molecule has 6 heteroatoms. The van der Waals surface area contributed by atoms with E-state index in [-0.39, 0.29) is 0 Å². The maximum atomic E-state index is 5.78. The quantitative estimate of drug-likeness (QED) is 0.723. The molecule has 0 aliphatic rings. The largest absolute Gasteiger partial charge is 0.489 e. The molecule has 6 nitrogen and oxygen atoms in total. The van der Waals surface area contributed by atoms with E-state index >= 15 is 0 Å². The van der Waals surface area contributed by atoms with E-state index in [1.54, 1.807) is 4.68 Å². The second-order valence-corrected chi connectivity index (χ2v) is 5.17. The van der Waals surface area contributed by atoms with E-state index in [0.29, 0.717) is 13.2 Å². The average Bonchev–Trinajstić information content (AvgIpc) is 3.08. The van der Waals surface area contributed by atoms with Crippen LogP contribution in [0.2, 0.25) is 0 Å². The Kier molecular flexibility index (Phi) is 4.95. The minimum atomic E-state index is 0.548. The summed E-state index contributed by atoms with van der Waals surface area (Å²) in [7, 11) is 0. The number of hydrogen-bond donors (Lipinski definition) is 1. The van der Waals surface area contributed by atoms with Gasteiger partial charge in [0.1, 0.15) is 12.4 Å². The Morgan fingerprint density at radius 1 is 1.00 bits per heavy atom. The van der Waals surface area contributed by atoms with Gasteiger partial charge in [0.05, 0.1) is 5.69 Å². The molecule has 0 aliphatic carbocycles. The van der Waals surface area contributed by atoms with Gasteiger partial charge >= 0.3 is 0 Å². The fourth-order valence-electron chi connectivity index (χ4n) is 2.25. The summed E-state index contributed by atoms with van der Waals surface area (Å²) in [5.74, 6) is 1.63. The number of nitrogens with two attached hydrogens (primary N) is 1. The molecule has 0 spiro atoms. The van der Waals surface area contributed by atoms with Crippen LogP contribution in [0.3, 0.4) is 0 Å². The Hall–Kier alpha value is -2.73. The van der Waals surface area contributed by atoms with Crippen LogP contribution in [0.1, 0.15) is 17.8 Å². The Labute approximate surface area is 134 Å². The number of nitrogens with zero attached hydrogens (tertiary/aromatic N) is 4. The molecule has 0 radical (unpaired) electrons. The second-order valence-electron chi connectivity index (χ2n) is 5.17. The monoisotopic (exact) mass is 309 g/mol. The highest BCUT2D eigenvalue weighted by Crippen LogP contribution is 2.17. The van der Waals surface area contributed by atoms with Crippen LogP contribution in [-0.2, 0) is 13.0 Å². The van der Waals surface area contributed by atoms with Gasteiger partial charge in [0.2, 0.25) is 0 Å². The number of ether oxygens (including phenoxy) is 1. The predicted octanol–water partition coefficient (Wildman–Crippen LogP) is 2.13. The van der Waals surface area contributed by atoms with Crippen LogP contribution in [0.25, 0.3) is 5.69 Å². The lowest BCUT2D eigenvalue weighted by Gasteiger charge is -2.08. The summed E-state index contributed by atoms with van der Waals surface area (Å²) in [6.45, 7) is 1.17. The fraction of sp³-hybridized carbons (Fsp3) is 0.235. The van der Waals surface area contributed by atoms with Crippen LogP contribution in [0, 0.1) is 0 Å². The number of hydrogen-bond acceptors (Lipinski definition) is 5. The first kappa shape index (κ1) is 15.2. The first-order chi connectivity index (χ1) is 11.4. The van der Waals surface area contributed by atoms with E-state index in [2.05, 4.69) is 15.5 Å². The van der Waals surface area contributed by atoms with Crippen LogP contribution in [-0.4, -0.2) is 26.8 Å². The van der Waals surface area contributed by atoms with Gasteiger partial charge in [-0.25, -0.2) is 0 Å². The zero-order valence-corrected chi connectivity index (χ0v) is 12.8. The van der Waals surface area contributed by atoms with Crippen molar-refractivity contribution >= 4 is 0 Å². The van der Waals surface area contributed by atoms with Crippen molar-refractivity contribution in [2.24, 2.45) is 5.73 Å². The molecule has 2 aromatic carbocycles. The van der Waals surface area contributed by atoms with Gasteiger partial charge in [-0.05, 0) is 53.2 Å². The van der Waals surface area contributed by atoms with Gasteiger partial charge in [0, 0.05) is 6.42 Å². The highest BCUT2D eigenvalue weighted by Gasteiger charge is 2.07. The van der Waals surface area contributed by atoms with Crippen molar-refractivity contribution in [3.05, 3.63) is 66.0 Å². The van der Waals surface area contributed by atoms with Crippen LogP contribution in [0.5, 0.6) is 5.75 Å². The lowest BCUT2D eigenvalue weighted by Crippen LogP contribution is -2.07. The zero-order valence-electron chi connectivity index (χ0n) is 12.8. The van der Waals surface area contributed by atoms with Crippen LogP contribution in [0.15, 0.2) is 54.6 Å². The van der Waals surface area contributed by atoms with Gasteiger partial charge < -0.3 is 10.5 Å². The van der Waals surface area contributed by atoms with Gasteiger partial charge in [-0.15, -0.1) is 5.10 Å². The average molecular weight is 309 g/mol. The molecule has 0 saturated heterocycles. The molecule has 0 saturated carbocycles. The number of aryl methyl sites for hydroxylation is 1. The van der Waals surface area contributed by atoms with Crippen molar-refractivity contribution in [3.8, 4) is 11.4 Å². The molecule has 118 valence electrons. The minimum absolute atomic E-state index is 0.548. The maximum Gasteiger partial charge on any atom is 0.156 e. The van der Waals surface area contributed by atoms with E-state index < -0.39 is 0 Å². The number of aromatic nitrogens is 4. The molecule has 3 rings (SSSR count). The van der Waals surface area contributed by atoms with Crippen molar-refractivity contribution in [1.82, 2.24) is 20.2 Å². The van der Waals surface area contributed by atoms with E-state index in [9.17, 15) is 0 Å². The Bertz CT molecular complexity index is 724. The second kappa shape index (κ2) is 7.51. The standard InChI is InChI=1S/C17H19N5O/c18-12-4-7-17-19-20-21-22(17)15-8-10-16(11-9-15)23-13-14-5-2-1-3-6-14/h1-3,5-6,8-11H,4,7,12-13,18H2. The Morgan fingerprint density at radius 3 is 2.52 bits per heavy atom. The van der Waals surface area contributed by atoms with Crippen molar-refractivity contribution in [2.75, 3.05) is 6.54 Å². The molecular weight excluding hydrogens is 290 g/mol. The molecule has 0 aliphatic heterocycles. The normalized spacial score (nSPS) is 10.7. The summed E-state index contributed by atoms with van der Waals surface area (Å²) in [4.78, 5) is 0. The first-order valence-corrected chi connectivity index (χ1v) is 7.61. The van der Waals surface area contributed by atoms with E-state index in [4.69, 9.17) is 10.5 Å². The molecule has 23 heavy (non-hydrogen) atoms. The van der Waals surface area contributed by atoms with Crippen LogP contribution >= 0.6 is 0 Å². The maximum absolute atomic E-state index is 5.78. The van der Waals surface area contributed by atoms with Gasteiger partial charge in [-0.3, -0.25) is 0 Å². The van der Waals surface area contributed by atoms with Crippen molar-refractivity contribution < 1.29 is 4.74 Å². The zero-order chi connectivity index (χ0) is 15.9. The smallest absolute Gasteiger partial charge is 0.156 e. The summed E-state index contributed by atoms with van der Waals surface area (Å²) in [6, 6.07) is 17.8. The van der Waals surface area contributed by atoms with Crippen LogP contribution in [0.4, 0.5) is 0 Å². The SMILES string of the molecule is NCCCc1nnnn1-c1ccc(OCc2ccccc2)cc1. The molecular formula is C17H19N5O. The summed E-state index contributed by atoms with van der Waals surface area (Å²) < 4.78 is 7.51.